The zero-order chi connectivity index (χ0) is 19.5. The first-order valence-corrected chi connectivity index (χ1v) is 11.2. The Labute approximate surface area is 168 Å². The summed E-state index contributed by atoms with van der Waals surface area (Å²) in [5, 5.41) is 0. The topological polar surface area (TPSA) is 12.5 Å². The van der Waals surface area contributed by atoms with Crippen molar-refractivity contribution in [3.63, 3.8) is 0 Å². The van der Waals surface area contributed by atoms with Crippen LogP contribution in [0.25, 0.3) is 0 Å². The summed E-state index contributed by atoms with van der Waals surface area (Å²) in [5.74, 6) is 0.664. The fourth-order valence-electron chi connectivity index (χ4n) is 4.10. The predicted molar refractivity (Wildman–Crippen MR) is 118 cm³/mol. The van der Waals surface area contributed by atoms with E-state index in [1.807, 2.05) is 0 Å². The molecule has 2 nitrogen and oxygen atoms in total. The lowest BCUT2D eigenvalue weighted by atomic mass is 9.88. The van der Waals surface area contributed by atoms with E-state index in [0.717, 1.165) is 32.7 Å². The molecule has 1 heterocycles. The first-order chi connectivity index (χ1) is 13.2. The van der Waals surface area contributed by atoms with Gasteiger partial charge in [0.2, 0.25) is 0 Å². The average Bonchev–Trinajstić information content (AvgIpc) is 3.19. The number of nitrogens with zero attached hydrogens (tertiary/aromatic N) is 1. The number of hydrogen-bond acceptors (Lipinski definition) is 2. The Morgan fingerprint density at radius 2 is 1.85 bits per heavy atom. The van der Waals surface area contributed by atoms with Gasteiger partial charge in [-0.3, -0.25) is 4.90 Å². The first kappa shape index (κ1) is 22.2. The molecule has 0 bridgehead atoms. The van der Waals surface area contributed by atoms with E-state index in [-0.39, 0.29) is 0 Å². The maximum Gasteiger partial charge on any atom is 0.0594 e. The Hall–Kier alpha value is -1.12. The van der Waals surface area contributed by atoms with Crippen LogP contribution in [0.3, 0.4) is 0 Å². The van der Waals surface area contributed by atoms with E-state index in [4.69, 9.17) is 4.74 Å². The lowest BCUT2D eigenvalue weighted by molar-refractivity contribution is 0.0362. The molecule has 0 saturated carbocycles. The highest BCUT2D eigenvalue weighted by atomic mass is 16.5. The molecule has 0 spiro atoms. The van der Waals surface area contributed by atoms with Gasteiger partial charge in [0, 0.05) is 13.1 Å². The Morgan fingerprint density at radius 1 is 1.15 bits per heavy atom. The van der Waals surface area contributed by atoms with Gasteiger partial charge in [0.05, 0.1) is 13.2 Å². The SMILES string of the molecule is C=C/C(CCCC)=C(\CCCC)C1=CC=C([C@H](C)CCN2CCOCC2)C1. The van der Waals surface area contributed by atoms with Gasteiger partial charge >= 0.3 is 0 Å². The zero-order valence-corrected chi connectivity index (χ0v) is 18.1. The molecule has 27 heavy (non-hydrogen) atoms. The Morgan fingerprint density at radius 3 is 2.52 bits per heavy atom. The summed E-state index contributed by atoms with van der Waals surface area (Å²) in [5.41, 5.74) is 6.26. The maximum atomic E-state index is 5.47. The molecule has 2 rings (SSSR count). The minimum absolute atomic E-state index is 0.664. The second-order valence-electron chi connectivity index (χ2n) is 8.17. The number of ether oxygens (including phenoxy) is 1. The van der Waals surface area contributed by atoms with Gasteiger partial charge in [-0.15, -0.1) is 0 Å². The highest BCUT2D eigenvalue weighted by Gasteiger charge is 2.20. The molecule has 2 heteroatoms. The van der Waals surface area contributed by atoms with Crippen molar-refractivity contribution in [2.45, 2.75) is 72.1 Å². The third-order valence-corrected chi connectivity index (χ3v) is 6.11. The van der Waals surface area contributed by atoms with Crippen LogP contribution in [0.2, 0.25) is 0 Å². The fraction of sp³-hybridized carbons (Fsp3) is 0.680. The second-order valence-corrected chi connectivity index (χ2v) is 8.17. The van der Waals surface area contributed by atoms with Crippen LogP contribution in [0.4, 0.5) is 0 Å². The number of rotatable bonds is 12. The molecule has 1 fully saturated rings. The van der Waals surface area contributed by atoms with Gasteiger partial charge in [0.25, 0.3) is 0 Å². The van der Waals surface area contributed by atoms with Crippen molar-refractivity contribution >= 4 is 0 Å². The van der Waals surface area contributed by atoms with Crippen LogP contribution in [0.5, 0.6) is 0 Å². The smallest absolute Gasteiger partial charge is 0.0594 e. The lowest BCUT2D eigenvalue weighted by Crippen LogP contribution is -2.37. The second kappa shape index (κ2) is 12.4. The predicted octanol–water partition coefficient (Wildman–Crippen LogP) is 6.46. The normalized spacial score (nSPS) is 20.1. The Balaban J connectivity index is 1.94. The maximum absolute atomic E-state index is 5.47. The third kappa shape index (κ3) is 7.08. The quantitative estimate of drug-likeness (QED) is 0.365. The van der Waals surface area contributed by atoms with Gasteiger partial charge in [0.15, 0.2) is 0 Å². The Kier molecular flexibility index (Phi) is 10.2. The molecule has 0 radical (unpaired) electrons. The number of unbranched alkanes of at least 4 members (excludes halogenated alkanes) is 2. The van der Waals surface area contributed by atoms with Crippen LogP contribution >= 0.6 is 0 Å². The molecule has 0 aromatic rings. The van der Waals surface area contributed by atoms with E-state index in [1.165, 1.54) is 57.1 Å². The van der Waals surface area contributed by atoms with Crippen LogP contribution in [-0.2, 0) is 4.74 Å². The summed E-state index contributed by atoms with van der Waals surface area (Å²) in [6.45, 7) is 16.3. The van der Waals surface area contributed by atoms with Gasteiger partial charge in [-0.05, 0) is 67.7 Å². The summed E-state index contributed by atoms with van der Waals surface area (Å²) in [6, 6.07) is 0. The van der Waals surface area contributed by atoms with Crippen molar-refractivity contribution in [3.8, 4) is 0 Å². The summed E-state index contributed by atoms with van der Waals surface area (Å²) < 4.78 is 5.47. The minimum Gasteiger partial charge on any atom is -0.379 e. The van der Waals surface area contributed by atoms with Crippen molar-refractivity contribution in [1.29, 1.82) is 0 Å². The van der Waals surface area contributed by atoms with Gasteiger partial charge < -0.3 is 4.74 Å². The molecular formula is C25H41NO. The molecule has 0 N–H and O–H groups in total. The van der Waals surface area contributed by atoms with Crippen molar-refractivity contribution < 1.29 is 4.74 Å². The summed E-state index contributed by atoms with van der Waals surface area (Å²) in [4.78, 5) is 2.55. The molecule has 1 atom stereocenters. The highest BCUT2D eigenvalue weighted by Crippen LogP contribution is 2.36. The molecule has 0 amide bonds. The molecule has 1 aliphatic heterocycles. The standard InChI is InChI=1S/C25H41NO/c1-5-8-10-22(7-3)25(11-9-6-2)24-13-12-23(20-24)21(4)14-15-26-16-18-27-19-17-26/h7,12-13,21H,3,5-6,8-11,14-20H2,1-2,4H3/b25-22-/t21-/m1/s1. The van der Waals surface area contributed by atoms with Gasteiger partial charge in [-0.1, -0.05) is 64.0 Å². The monoisotopic (exact) mass is 371 g/mol. The van der Waals surface area contributed by atoms with Crippen LogP contribution in [0.1, 0.15) is 72.1 Å². The number of hydrogen-bond donors (Lipinski definition) is 0. The largest absolute Gasteiger partial charge is 0.379 e. The number of allylic oxidation sites excluding steroid dienone is 7. The van der Waals surface area contributed by atoms with Crippen LogP contribution in [0, 0.1) is 5.92 Å². The summed E-state index contributed by atoms with van der Waals surface area (Å²) in [7, 11) is 0. The Bertz CT molecular complexity index is 549. The molecule has 0 aromatic heterocycles. The summed E-state index contributed by atoms with van der Waals surface area (Å²) >= 11 is 0. The summed E-state index contributed by atoms with van der Waals surface area (Å²) in [6.07, 6.45) is 16.8. The van der Waals surface area contributed by atoms with E-state index in [1.54, 1.807) is 16.7 Å². The van der Waals surface area contributed by atoms with Crippen LogP contribution < -0.4 is 0 Å². The van der Waals surface area contributed by atoms with Crippen LogP contribution in [-0.4, -0.2) is 37.7 Å². The lowest BCUT2D eigenvalue weighted by Gasteiger charge is -2.28. The number of morpholine rings is 1. The molecular weight excluding hydrogens is 330 g/mol. The van der Waals surface area contributed by atoms with E-state index in [0.29, 0.717) is 5.92 Å². The molecule has 152 valence electrons. The van der Waals surface area contributed by atoms with E-state index in [9.17, 15) is 0 Å². The van der Waals surface area contributed by atoms with E-state index in [2.05, 4.69) is 50.5 Å². The van der Waals surface area contributed by atoms with Gasteiger partial charge in [0.1, 0.15) is 0 Å². The molecule has 2 aliphatic rings. The zero-order valence-electron chi connectivity index (χ0n) is 18.1. The first-order valence-electron chi connectivity index (χ1n) is 11.2. The fourth-order valence-corrected chi connectivity index (χ4v) is 4.10. The van der Waals surface area contributed by atoms with Crippen molar-refractivity contribution in [1.82, 2.24) is 4.90 Å². The minimum atomic E-state index is 0.664. The van der Waals surface area contributed by atoms with Gasteiger partial charge in [-0.2, -0.15) is 0 Å². The van der Waals surface area contributed by atoms with E-state index >= 15 is 0 Å². The third-order valence-electron chi connectivity index (χ3n) is 6.11. The van der Waals surface area contributed by atoms with Gasteiger partial charge in [-0.25, -0.2) is 0 Å². The van der Waals surface area contributed by atoms with Crippen molar-refractivity contribution in [2.75, 3.05) is 32.8 Å². The average molecular weight is 372 g/mol. The highest BCUT2D eigenvalue weighted by molar-refractivity contribution is 5.47. The van der Waals surface area contributed by atoms with E-state index < -0.39 is 0 Å². The molecule has 0 aromatic carbocycles. The van der Waals surface area contributed by atoms with Crippen molar-refractivity contribution in [3.05, 3.63) is 47.1 Å². The molecule has 1 saturated heterocycles. The van der Waals surface area contributed by atoms with Crippen LogP contribution in [0.15, 0.2) is 47.1 Å². The molecule has 0 unspecified atom stereocenters. The molecule has 1 aliphatic carbocycles. The van der Waals surface area contributed by atoms with Crippen molar-refractivity contribution in [2.24, 2.45) is 5.92 Å².